The summed E-state index contributed by atoms with van der Waals surface area (Å²) in [5.74, 6) is -0.978. The van der Waals surface area contributed by atoms with Crippen LogP contribution in [0.3, 0.4) is 0 Å². The molecule has 1 heterocycles. The number of aromatic nitrogens is 1. The van der Waals surface area contributed by atoms with Crippen LogP contribution in [0.2, 0.25) is 0 Å². The van der Waals surface area contributed by atoms with Gasteiger partial charge in [0.2, 0.25) is 5.91 Å². The van der Waals surface area contributed by atoms with Crippen LogP contribution in [0.1, 0.15) is 28.4 Å². The molecule has 0 aliphatic carbocycles. The number of rotatable bonds is 9. The minimum Gasteiger partial charge on any atom is -0.321 e. The van der Waals surface area contributed by atoms with Gasteiger partial charge in [-0.15, -0.1) is 11.8 Å². The Morgan fingerprint density at radius 2 is 1.52 bits per heavy atom. The van der Waals surface area contributed by atoms with Crippen LogP contribution in [0.25, 0.3) is 16.3 Å². The second-order valence-corrected chi connectivity index (χ2v) is 11.9. The molecular formula is C33H28N4O3S2. The van der Waals surface area contributed by atoms with E-state index >= 15 is 0 Å². The third-order valence-electron chi connectivity index (χ3n) is 6.24. The number of thiazole rings is 1. The van der Waals surface area contributed by atoms with Crippen molar-refractivity contribution in [2.75, 3.05) is 10.6 Å². The smallest absolute Gasteiger partial charge is 0.272 e. The van der Waals surface area contributed by atoms with E-state index in [1.165, 1.54) is 23.1 Å². The molecule has 42 heavy (non-hydrogen) atoms. The molecule has 0 saturated heterocycles. The van der Waals surface area contributed by atoms with Gasteiger partial charge in [-0.1, -0.05) is 71.5 Å². The lowest BCUT2D eigenvalue weighted by atomic mass is 10.1. The van der Waals surface area contributed by atoms with Crippen molar-refractivity contribution < 1.29 is 14.4 Å². The Bertz CT molecular complexity index is 1720. The Hall–Kier alpha value is -4.73. The highest BCUT2D eigenvalue weighted by Crippen LogP contribution is 2.28. The number of carbonyl (C=O) groups is 3. The van der Waals surface area contributed by atoms with Crippen LogP contribution in [-0.2, 0) is 9.59 Å². The SMILES string of the molecule is Cc1ccc(/C=C(\NC(=O)c2ccccc2)C(=O)Nc2ccc(SC(C)C(=O)Nc3nc4ccccc4s3)cc2)cc1. The first-order valence-electron chi connectivity index (χ1n) is 13.2. The number of amides is 3. The molecule has 5 aromatic rings. The number of benzene rings is 4. The van der Waals surface area contributed by atoms with E-state index < -0.39 is 5.91 Å². The monoisotopic (exact) mass is 592 g/mol. The summed E-state index contributed by atoms with van der Waals surface area (Å²) in [5.41, 5.74) is 3.85. The molecule has 1 unspecified atom stereocenters. The first-order chi connectivity index (χ1) is 20.3. The number of carbonyl (C=O) groups excluding carboxylic acids is 3. The average Bonchev–Trinajstić information content (AvgIpc) is 3.41. The summed E-state index contributed by atoms with van der Waals surface area (Å²) in [6.45, 7) is 3.82. The summed E-state index contributed by atoms with van der Waals surface area (Å²) in [6, 6.07) is 31.3. The lowest BCUT2D eigenvalue weighted by Crippen LogP contribution is -2.30. The summed E-state index contributed by atoms with van der Waals surface area (Å²) in [6.07, 6.45) is 1.64. The Balaban J connectivity index is 1.23. The number of para-hydroxylation sites is 1. The van der Waals surface area contributed by atoms with Crippen molar-refractivity contribution in [2.24, 2.45) is 0 Å². The normalized spacial score (nSPS) is 12.0. The fraction of sp³-hybridized carbons (Fsp3) is 0.0909. The maximum atomic E-state index is 13.3. The van der Waals surface area contributed by atoms with Gasteiger partial charge in [0.25, 0.3) is 11.8 Å². The highest BCUT2D eigenvalue weighted by atomic mass is 32.2. The molecule has 1 atom stereocenters. The van der Waals surface area contributed by atoms with Crippen LogP contribution >= 0.6 is 23.1 Å². The number of anilines is 2. The quantitative estimate of drug-likeness (QED) is 0.125. The highest BCUT2D eigenvalue weighted by Gasteiger charge is 2.18. The minimum absolute atomic E-state index is 0.117. The minimum atomic E-state index is -0.455. The summed E-state index contributed by atoms with van der Waals surface area (Å²) in [5, 5.41) is 8.72. The molecule has 0 aliphatic heterocycles. The van der Waals surface area contributed by atoms with Crippen LogP contribution in [0.5, 0.6) is 0 Å². The fourth-order valence-corrected chi connectivity index (χ4v) is 5.71. The molecule has 1 aromatic heterocycles. The molecule has 0 saturated carbocycles. The second kappa shape index (κ2) is 13.3. The molecule has 5 rings (SSSR count). The van der Waals surface area contributed by atoms with Gasteiger partial charge in [-0.3, -0.25) is 14.4 Å². The van der Waals surface area contributed by atoms with Crippen LogP contribution in [0, 0.1) is 6.92 Å². The lowest BCUT2D eigenvalue weighted by Gasteiger charge is -2.13. The third-order valence-corrected chi connectivity index (χ3v) is 8.30. The number of aryl methyl sites for hydroxylation is 1. The van der Waals surface area contributed by atoms with Crippen molar-refractivity contribution in [2.45, 2.75) is 24.0 Å². The fourth-order valence-electron chi connectivity index (χ4n) is 3.98. The van der Waals surface area contributed by atoms with Crippen molar-refractivity contribution >= 4 is 67.9 Å². The Morgan fingerprint density at radius 1 is 0.833 bits per heavy atom. The molecule has 0 radical (unpaired) electrons. The van der Waals surface area contributed by atoms with Crippen molar-refractivity contribution in [1.82, 2.24) is 10.3 Å². The molecule has 3 N–H and O–H groups in total. The van der Waals surface area contributed by atoms with Crippen molar-refractivity contribution in [3.05, 3.63) is 126 Å². The molecule has 9 heteroatoms. The number of nitrogens with zero attached hydrogens (tertiary/aromatic N) is 1. The van der Waals surface area contributed by atoms with Gasteiger partial charge in [-0.05, 0) is 74.0 Å². The Morgan fingerprint density at radius 3 is 2.24 bits per heavy atom. The van der Waals surface area contributed by atoms with Crippen LogP contribution in [0.15, 0.2) is 114 Å². The van der Waals surface area contributed by atoms with Gasteiger partial charge in [-0.25, -0.2) is 4.98 Å². The largest absolute Gasteiger partial charge is 0.321 e. The second-order valence-electron chi connectivity index (χ2n) is 9.50. The molecule has 0 bridgehead atoms. The Kier molecular flexibility index (Phi) is 9.11. The van der Waals surface area contributed by atoms with Gasteiger partial charge in [-0.2, -0.15) is 0 Å². The molecule has 7 nitrogen and oxygen atoms in total. The zero-order valence-corrected chi connectivity index (χ0v) is 24.6. The molecular weight excluding hydrogens is 565 g/mol. The van der Waals surface area contributed by atoms with Crippen molar-refractivity contribution in [3.63, 3.8) is 0 Å². The molecule has 0 fully saturated rings. The van der Waals surface area contributed by atoms with Crippen LogP contribution < -0.4 is 16.0 Å². The van der Waals surface area contributed by atoms with Crippen molar-refractivity contribution in [3.8, 4) is 0 Å². The number of fused-ring (bicyclic) bond motifs is 1. The maximum Gasteiger partial charge on any atom is 0.272 e. The summed E-state index contributed by atoms with van der Waals surface area (Å²) < 4.78 is 1.02. The van der Waals surface area contributed by atoms with Gasteiger partial charge >= 0.3 is 0 Å². The zero-order chi connectivity index (χ0) is 29.5. The molecule has 0 spiro atoms. The summed E-state index contributed by atoms with van der Waals surface area (Å²) in [7, 11) is 0. The van der Waals surface area contributed by atoms with E-state index in [0.717, 1.165) is 26.2 Å². The first kappa shape index (κ1) is 28.8. The summed E-state index contributed by atoms with van der Waals surface area (Å²) in [4.78, 5) is 44.2. The van der Waals surface area contributed by atoms with E-state index in [1.54, 1.807) is 42.5 Å². The van der Waals surface area contributed by atoms with Crippen molar-refractivity contribution in [1.29, 1.82) is 0 Å². The number of hydrogen-bond acceptors (Lipinski definition) is 6. The number of thioether (sulfide) groups is 1. The van der Waals surface area contributed by atoms with E-state index in [0.29, 0.717) is 16.4 Å². The molecule has 3 amide bonds. The predicted molar refractivity (Wildman–Crippen MR) is 172 cm³/mol. The van der Waals surface area contributed by atoms with Gasteiger partial charge in [0.1, 0.15) is 5.70 Å². The van der Waals surface area contributed by atoms with E-state index in [2.05, 4.69) is 20.9 Å². The molecule has 210 valence electrons. The average molecular weight is 593 g/mol. The zero-order valence-electron chi connectivity index (χ0n) is 23.0. The highest BCUT2D eigenvalue weighted by molar-refractivity contribution is 8.00. The maximum absolute atomic E-state index is 13.3. The van der Waals surface area contributed by atoms with E-state index in [4.69, 9.17) is 0 Å². The Labute approximate surface area is 252 Å². The van der Waals surface area contributed by atoms with Gasteiger partial charge in [0.05, 0.1) is 15.5 Å². The van der Waals surface area contributed by atoms with Gasteiger partial charge in [0.15, 0.2) is 5.13 Å². The first-order valence-corrected chi connectivity index (χ1v) is 14.9. The van der Waals surface area contributed by atoms with Crippen LogP contribution in [-0.4, -0.2) is 28.0 Å². The van der Waals surface area contributed by atoms with Gasteiger partial charge in [0, 0.05) is 16.1 Å². The predicted octanol–water partition coefficient (Wildman–Crippen LogP) is 7.13. The number of nitrogens with one attached hydrogen (secondary N) is 3. The number of hydrogen-bond donors (Lipinski definition) is 3. The molecule has 4 aromatic carbocycles. The van der Waals surface area contributed by atoms with Crippen LogP contribution in [0.4, 0.5) is 10.8 Å². The van der Waals surface area contributed by atoms with Gasteiger partial charge < -0.3 is 16.0 Å². The summed E-state index contributed by atoms with van der Waals surface area (Å²) >= 11 is 2.84. The standard InChI is InChI=1S/C33H28N4O3S2/c1-21-12-14-23(15-13-21)20-28(35-31(39)24-8-4-3-5-9-24)32(40)34-25-16-18-26(19-17-25)41-22(2)30(38)37-33-36-27-10-6-7-11-29(27)42-33/h3-20,22H,1-2H3,(H,34,40)(H,35,39)(H,36,37,38)/b28-20-. The van der Waals surface area contributed by atoms with E-state index in [1.807, 2.05) is 80.6 Å². The molecule has 0 aliphatic rings. The van der Waals surface area contributed by atoms with E-state index in [9.17, 15) is 14.4 Å². The van der Waals surface area contributed by atoms with E-state index in [-0.39, 0.29) is 22.8 Å². The lowest BCUT2D eigenvalue weighted by molar-refractivity contribution is -0.115. The third kappa shape index (κ3) is 7.51. The topological polar surface area (TPSA) is 100 Å².